The van der Waals surface area contributed by atoms with E-state index in [0.717, 1.165) is 24.8 Å². The number of benzene rings is 1. The van der Waals surface area contributed by atoms with Crippen LogP contribution in [-0.4, -0.2) is 5.78 Å². The molecule has 1 nitrogen and oxygen atoms in total. The van der Waals surface area contributed by atoms with E-state index in [9.17, 15) is 4.79 Å². The Bertz CT molecular complexity index is 383. The molecule has 0 heterocycles. The summed E-state index contributed by atoms with van der Waals surface area (Å²) in [5, 5.41) is 0. The second-order valence-electron chi connectivity index (χ2n) is 5.99. The Balaban J connectivity index is 2.02. The highest BCUT2D eigenvalue weighted by Crippen LogP contribution is 2.27. The number of hydrogen-bond acceptors (Lipinski definition) is 1. The maximum Gasteiger partial charge on any atom is 0.165 e. The van der Waals surface area contributed by atoms with Crippen LogP contribution in [0.25, 0.3) is 0 Å². The number of Topliss-reactive ketones (excluding diaryl/α,β-unsaturated/α-hetero) is 1. The van der Waals surface area contributed by atoms with Crippen LogP contribution in [0.4, 0.5) is 0 Å². The topological polar surface area (TPSA) is 17.1 Å². The molecule has 0 spiro atoms. The molecule has 2 rings (SSSR count). The quantitative estimate of drug-likeness (QED) is 0.705. The van der Waals surface area contributed by atoms with Crippen molar-refractivity contribution in [1.82, 2.24) is 0 Å². The van der Waals surface area contributed by atoms with Gasteiger partial charge in [0.15, 0.2) is 5.78 Å². The van der Waals surface area contributed by atoms with Gasteiger partial charge in [0.1, 0.15) is 0 Å². The second kappa shape index (κ2) is 6.17. The van der Waals surface area contributed by atoms with E-state index < -0.39 is 0 Å². The molecule has 1 aliphatic rings. The van der Waals surface area contributed by atoms with Crippen molar-refractivity contribution in [3.05, 3.63) is 35.4 Å². The predicted octanol–water partition coefficient (Wildman–Crippen LogP) is 4.65. The van der Waals surface area contributed by atoms with Crippen LogP contribution in [0.15, 0.2) is 24.3 Å². The third-order valence-electron chi connectivity index (χ3n) is 3.86. The van der Waals surface area contributed by atoms with E-state index in [0.29, 0.717) is 11.7 Å². The lowest BCUT2D eigenvalue weighted by atomic mass is 9.83. The fourth-order valence-electron chi connectivity index (χ4n) is 2.88. The van der Waals surface area contributed by atoms with Gasteiger partial charge < -0.3 is 0 Å². The van der Waals surface area contributed by atoms with Crippen molar-refractivity contribution < 1.29 is 4.79 Å². The molecule has 0 saturated heterocycles. The number of hydrogen-bond donors (Lipinski definition) is 0. The summed E-state index contributed by atoms with van der Waals surface area (Å²) in [7, 11) is 0. The maximum absolute atomic E-state index is 12.3. The standard InChI is InChI=1S/C17H24O/c1-13(2)12-14-8-10-16(11-9-14)17(18)15-6-4-3-5-7-15/h8-11,13,15H,3-7,12H2,1-2H3. The van der Waals surface area contributed by atoms with E-state index in [-0.39, 0.29) is 5.92 Å². The molecule has 0 N–H and O–H groups in total. The summed E-state index contributed by atoms with van der Waals surface area (Å²) in [6, 6.07) is 8.29. The molecule has 0 atom stereocenters. The van der Waals surface area contributed by atoms with Crippen LogP contribution in [-0.2, 0) is 6.42 Å². The third-order valence-corrected chi connectivity index (χ3v) is 3.86. The van der Waals surface area contributed by atoms with E-state index in [1.807, 2.05) is 12.1 Å². The Morgan fingerprint density at radius 3 is 2.28 bits per heavy atom. The summed E-state index contributed by atoms with van der Waals surface area (Å²) >= 11 is 0. The van der Waals surface area contributed by atoms with Crippen LogP contribution >= 0.6 is 0 Å². The first kappa shape index (κ1) is 13.3. The predicted molar refractivity (Wildman–Crippen MR) is 75.9 cm³/mol. The number of carbonyl (C=O) groups is 1. The number of carbonyl (C=O) groups excluding carboxylic acids is 1. The molecule has 0 unspecified atom stereocenters. The summed E-state index contributed by atoms with van der Waals surface area (Å²) in [5.41, 5.74) is 2.25. The van der Waals surface area contributed by atoms with Gasteiger partial charge in [0, 0.05) is 11.5 Å². The van der Waals surface area contributed by atoms with Gasteiger partial charge >= 0.3 is 0 Å². The Morgan fingerprint density at radius 1 is 1.11 bits per heavy atom. The van der Waals surface area contributed by atoms with Gasteiger partial charge in [-0.05, 0) is 30.7 Å². The molecule has 1 aromatic carbocycles. The first-order chi connectivity index (χ1) is 8.66. The summed E-state index contributed by atoms with van der Waals surface area (Å²) < 4.78 is 0. The molecule has 0 radical (unpaired) electrons. The molecular formula is C17H24O. The van der Waals surface area contributed by atoms with Crippen LogP contribution in [0.2, 0.25) is 0 Å². The molecule has 0 aliphatic heterocycles. The van der Waals surface area contributed by atoms with Gasteiger partial charge in [0.2, 0.25) is 0 Å². The van der Waals surface area contributed by atoms with Gasteiger partial charge in [0.25, 0.3) is 0 Å². The van der Waals surface area contributed by atoms with Gasteiger partial charge in [-0.1, -0.05) is 57.4 Å². The lowest BCUT2D eigenvalue weighted by Gasteiger charge is -2.20. The first-order valence-electron chi connectivity index (χ1n) is 7.30. The lowest BCUT2D eigenvalue weighted by molar-refractivity contribution is 0.0889. The Morgan fingerprint density at radius 2 is 1.72 bits per heavy atom. The fourth-order valence-corrected chi connectivity index (χ4v) is 2.88. The molecule has 0 aromatic heterocycles. The Labute approximate surface area is 111 Å². The zero-order valence-electron chi connectivity index (χ0n) is 11.6. The van der Waals surface area contributed by atoms with Crippen LogP contribution in [0.3, 0.4) is 0 Å². The number of rotatable bonds is 4. The van der Waals surface area contributed by atoms with Crippen LogP contribution < -0.4 is 0 Å². The summed E-state index contributed by atoms with van der Waals surface area (Å²) in [5.74, 6) is 1.32. The second-order valence-corrected chi connectivity index (χ2v) is 5.99. The highest BCUT2D eigenvalue weighted by Gasteiger charge is 2.22. The maximum atomic E-state index is 12.3. The smallest absolute Gasteiger partial charge is 0.165 e. The largest absolute Gasteiger partial charge is 0.294 e. The SMILES string of the molecule is CC(C)Cc1ccc(C(=O)C2CCCCC2)cc1. The summed E-state index contributed by atoms with van der Waals surface area (Å²) in [4.78, 5) is 12.3. The lowest BCUT2D eigenvalue weighted by Crippen LogP contribution is -2.17. The van der Waals surface area contributed by atoms with E-state index >= 15 is 0 Å². The molecular weight excluding hydrogens is 220 g/mol. The molecule has 18 heavy (non-hydrogen) atoms. The van der Waals surface area contributed by atoms with E-state index in [2.05, 4.69) is 26.0 Å². The Kier molecular flexibility index (Phi) is 4.57. The highest BCUT2D eigenvalue weighted by atomic mass is 16.1. The Hall–Kier alpha value is -1.11. The van der Waals surface area contributed by atoms with E-state index in [1.165, 1.54) is 24.8 Å². The van der Waals surface area contributed by atoms with E-state index in [1.54, 1.807) is 0 Å². The molecule has 1 heteroatoms. The van der Waals surface area contributed by atoms with Crippen molar-refractivity contribution in [3.63, 3.8) is 0 Å². The molecule has 98 valence electrons. The highest BCUT2D eigenvalue weighted by molar-refractivity contribution is 5.97. The van der Waals surface area contributed by atoms with Crippen molar-refractivity contribution >= 4 is 5.78 Å². The third kappa shape index (κ3) is 3.44. The van der Waals surface area contributed by atoms with Crippen molar-refractivity contribution in [2.45, 2.75) is 52.4 Å². The van der Waals surface area contributed by atoms with Crippen molar-refractivity contribution in [1.29, 1.82) is 0 Å². The van der Waals surface area contributed by atoms with Crippen molar-refractivity contribution in [2.24, 2.45) is 11.8 Å². The van der Waals surface area contributed by atoms with Gasteiger partial charge in [-0.25, -0.2) is 0 Å². The molecule has 0 amide bonds. The fraction of sp³-hybridized carbons (Fsp3) is 0.588. The molecule has 1 aliphatic carbocycles. The van der Waals surface area contributed by atoms with Crippen LogP contribution in [0, 0.1) is 11.8 Å². The minimum absolute atomic E-state index is 0.287. The minimum Gasteiger partial charge on any atom is -0.294 e. The van der Waals surface area contributed by atoms with Crippen LogP contribution in [0.1, 0.15) is 61.9 Å². The van der Waals surface area contributed by atoms with Crippen LogP contribution in [0.5, 0.6) is 0 Å². The molecule has 1 aromatic rings. The van der Waals surface area contributed by atoms with Crippen molar-refractivity contribution in [2.75, 3.05) is 0 Å². The zero-order valence-corrected chi connectivity index (χ0v) is 11.6. The molecule has 1 saturated carbocycles. The van der Waals surface area contributed by atoms with Gasteiger partial charge in [-0.3, -0.25) is 4.79 Å². The van der Waals surface area contributed by atoms with E-state index in [4.69, 9.17) is 0 Å². The number of ketones is 1. The van der Waals surface area contributed by atoms with Gasteiger partial charge in [-0.15, -0.1) is 0 Å². The molecule has 0 bridgehead atoms. The van der Waals surface area contributed by atoms with Gasteiger partial charge in [0.05, 0.1) is 0 Å². The monoisotopic (exact) mass is 244 g/mol. The minimum atomic E-state index is 0.287. The van der Waals surface area contributed by atoms with Gasteiger partial charge in [-0.2, -0.15) is 0 Å². The normalized spacial score (nSPS) is 17.1. The summed E-state index contributed by atoms with van der Waals surface area (Å²) in [6.45, 7) is 4.45. The average Bonchev–Trinajstić information content (AvgIpc) is 2.39. The average molecular weight is 244 g/mol. The summed E-state index contributed by atoms with van der Waals surface area (Å²) in [6.07, 6.45) is 7.03. The van der Waals surface area contributed by atoms with Crippen molar-refractivity contribution in [3.8, 4) is 0 Å². The first-order valence-corrected chi connectivity index (χ1v) is 7.30. The zero-order chi connectivity index (χ0) is 13.0. The molecule has 1 fully saturated rings.